The number of nitrogens with one attached hydrogen (secondary N) is 1. The third-order valence-electron chi connectivity index (χ3n) is 5.20. The summed E-state index contributed by atoms with van der Waals surface area (Å²) < 4.78 is 5.39. The van der Waals surface area contributed by atoms with E-state index in [1.54, 1.807) is 0 Å². The maximum atomic E-state index is 12.6. The topological polar surface area (TPSA) is 41.6 Å². The fourth-order valence-electron chi connectivity index (χ4n) is 3.56. The zero-order valence-electron chi connectivity index (χ0n) is 17.3. The van der Waals surface area contributed by atoms with Crippen molar-refractivity contribution in [2.24, 2.45) is 5.92 Å². The van der Waals surface area contributed by atoms with Crippen molar-refractivity contribution in [3.8, 4) is 0 Å². The van der Waals surface area contributed by atoms with Crippen LogP contribution in [0.25, 0.3) is 0 Å². The number of hydrogen-bond donors (Lipinski definition) is 1. The van der Waals surface area contributed by atoms with Crippen LogP contribution in [0.3, 0.4) is 0 Å². The SMILES string of the molecule is CC(C)Cc1ccc(C(C)NC(=O)c2ccc(CN3CCOCC3)cc2)cc1. The number of carbonyl (C=O) groups is 1. The van der Waals surface area contributed by atoms with Gasteiger partial charge in [-0.15, -0.1) is 0 Å². The minimum Gasteiger partial charge on any atom is -0.379 e. The smallest absolute Gasteiger partial charge is 0.251 e. The number of nitrogens with zero attached hydrogens (tertiary/aromatic N) is 1. The molecule has 4 heteroatoms. The first kappa shape index (κ1) is 20.6. The van der Waals surface area contributed by atoms with Crippen molar-refractivity contribution in [1.29, 1.82) is 0 Å². The monoisotopic (exact) mass is 380 g/mol. The average Bonchev–Trinajstić information content (AvgIpc) is 2.69. The first-order chi connectivity index (χ1) is 13.5. The standard InChI is InChI=1S/C24H32N2O2/c1-18(2)16-20-4-8-22(9-5-20)19(3)25-24(27)23-10-6-21(7-11-23)17-26-12-14-28-15-13-26/h4-11,18-19H,12-17H2,1-3H3,(H,25,27). The fourth-order valence-corrected chi connectivity index (χ4v) is 3.56. The zero-order chi connectivity index (χ0) is 19.9. The molecule has 0 bridgehead atoms. The maximum Gasteiger partial charge on any atom is 0.251 e. The Balaban J connectivity index is 1.54. The van der Waals surface area contributed by atoms with Crippen LogP contribution in [0.2, 0.25) is 0 Å². The van der Waals surface area contributed by atoms with Crippen LogP contribution in [0.1, 0.15) is 53.9 Å². The number of carbonyl (C=O) groups excluding carboxylic acids is 1. The highest BCUT2D eigenvalue weighted by Crippen LogP contribution is 2.17. The quantitative estimate of drug-likeness (QED) is 0.782. The highest BCUT2D eigenvalue weighted by molar-refractivity contribution is 5.94. The molecule has 0 radical (unpaired) electrons. The number of ether oxygens (including phenoxy) is 1. The summed E-state index contributed by atoms with van der Waals surface area (Å²) in [5.41, 5.74) is 4.40. The van der Waals surface area contributed by atoms with Gasteiger partial charge in [-0.3, -0.25) is 9.69 Å². The van der Waals surface area contributed by atoms with Gasteiger partial charge in [-0.05, 0) is 48.1 Å². The van der Waals surface area contributed by atoms with Gasteiger partial charge < -0.3 is 10.1 Å². The fraction of sp³-hybridized carbons (Fsp3) is 0.458. The summed E-state index contributed by atoms with van der Waals surface area (Å²) >= 11 is 0. The Kier molecular flexibility index (Phi) is 7.24. The minimum absolute atomic E-state index is 0.0198. The van der Waals surface area contributed by atoms with E-state index < -0.39 is 0 Å². The Bertz CT molecular complexity index is 747. The van der Waals surface area contributed by atoms with Crippen molar-refractivity contribution in [3.05, 3.63) is 70.8 Å². The molecule has 2 aromatic carbocycles. The highest BCUT2D eigenvalue weighted by atomic mass is 16.5. The second-order valence-corrected chi connectivity index (χ2v) is 8.12. The lowest BCUT2D eigenvalue weighted by atomic mass is 10.00. The number of rotatable bonds is 7. The Morgan fingerprint density at radius 1 is 0.964 bits per heavy atom. The van der Waals surface area contributed by atoms with Crippen molar-refractivity contribution in [2.75, 3.05) is 26.3 Å². The zero-order valence-corrected chi connectivity index (χ0v) is 17.3. The van der Waals surface area contributed by atoms with Crippen LogP contribution in [0, 0.1) is 5.92 Å². The van der Waals surface area contributed by atoms with Crippen LogP contribution in [-0.2, 0) is 17.7 Å². The first-order valence-corrected chi connectivity index (χ1v) is 10.3. The molecule has 1 heterocycles. The Labute approximate surface area is 168 Å². The summed E-state index contributed by atoms with van der Waals surface area (Å²) in [6, 6.07) is 16.5. The van der Waals surface area contributed by atoms with Crippen molar-refractivity contribution in [1.82, 2.24) is 10.2 Å². The van der Waals surface area contributed by atoms with Gasteiger partial charge in [0.25, 0.3) is 5.91 Å². The van der Waals surface area contributed by atoms with Gasteiger partial charge in [0.15, 0.2) is 0 Å². The molecule has 0 aromatic heterocycles. The molecule has 1 aliphatic rings. The molecule has 1 fully saturated rings. The van der Waals surface area contributed by atoms with Crippen molar-refractivity contribution >= 4 is 5.91 Å². The molecular formula is C24H32N2O2. The van der Waals surface area contributed by atoms with E-state index in [1.165, 1.54) is 11.1 Å². The van der Waals surface area contributed by atoms with Gasteiger partial charge in [0.2, 0.25) is 0 Å². The molecular weight excluding hydrogens is 348 g/mol. The van der Waals surface area contributed by atoms with E-state index in [1.807, 2.05) is 19.1 Å². The lowest BCUT2D eigenvalue weighted by Gasteiger charge is -2.26. The van der Waals surface area contributed by atoms with E-state index >= 15 is 0 Å². The predicted octanol–water partition coefficient (Wildman–Crippen LogP) is 4.21. The van der Waals surface area contributed by atoms with Gasteiger partial charge in [0, 0.05) is 25.2 Å². The summed E-state index contributed by atoms with van der Waals surface area (Å²) in [6.45, 7) is 10.9. The van der Waals surface area contributed by atoms with E-state index in [0.29, 0.717) is 11.5 Å². The summed E-state index contributed by atoms with van der Waals surface area (Å²) in [6.07, 6.45) is 1.08. The number of hydrogen-bond acceptors (Lipinski definition) is 3. The molecule has 0 spiro atoms. The Morgan fingerprint density at radius 2 is 1.57 bits per heavy atom. The third kappa shape index (κ3) is 5.91. The molecule has 1 aliphatic heterocycles. The van der Waals surface area contributed by atoms with Gasteiger partial charge >= 0.3 is 0 Å². The van der Waals surface area contributed by atoms with Crippen LogP contribution in [0.5, 0.6) is 0 Å². The van der Waals surface area contributed by atoms with Gasteiger partial charge in [0.05, 0.1) is 19.3 Å². The Morgan fingerprint density at radius 3 is 2.18 bits per heavy atom. The van der Waals surface area contributed by atoms with E-state index in [4.69, 9.17) is 4.74 Å². The summed E-state index contributed by atoms with van der Waals surface area (Å²) in [4.78, 5) is 15.0. The van der Waals surface area contributed by atoms with Crippen LogP contribution in [-0.4, -0.2) is 37.1 Å². The molecule has 0 aliphatic carbocycles. The van der Waals surface area contributed by atoms with Crippen molar-refractivity contribution < 1.29 is 9.53 Å². The molecule has 28 heavy (non-hydrogen) atoms. The van der Waals surface area contributed by atoms with Gasteiger partial charge in [-0.1, -0.05) is 50.2 Å². The first-order valence-electron chi connectivity index (χ1n) is 10.3. The van der Waals surface area contributed by atoms with Gasteiger partial charge in [-0.25, -0.2) is 0 Å². The van der Waals surface area contributed by atoms with Crippen molar-refractivity contribution in [2.45, 2.75) is 39.8 Å². The molecule has 4 nitrogen and oxygen atoms in total. The number of benzene rings is 2. The molecule has 1 saturated heterocycles. The molecule has 1 amide bonds. The molecule has 1 unspecified atom stereocenters. The lowest BCUT2D eigenvalue weighted by Crippen LogP contribution is -2.35. The molecule has 1 atom stereocenters. The van der Waals surface area contributed by atoms with Crippen LogP contribution in [0.15, 0.2) is 48.5 Å². The van der Waals surface area contributed by atoms with E-state index in [0.717, 1.165) is 44.8 Å². The van der Waals surface area contributed by atoms with Gasteiger partial charge in [0.1, 0.15) is 0 Å². The summed E-state index contributed by atoms with van der Waals surface area (Å²) in [7, 11) is 0. The van der Waals surface area contributed by atoms with E-state index in [-0.39, 0.29) is 11.9 Å². The van der Waals surface area contributed by atoms with Crippen LogP contribution < -0.4 is 5.32 Å². The molecule has 2 aromatic rings. The normalized spacial score (nSPS) is 16.1. The summed E-state index contributed by atoms with van der Waals surface area (Å²) in [5.74, 6) is 0.617. The molecule has 1 N–H and O–H groups in total. The second-order valence-electron chi connectivity index (χ2n) is 8.12. The Hall–Kier alpha value is -2.17. The summed E-state index contributed by atoms with van der Waals surface area (Å²) in [5, 5.41) is 3.11. The third-order valence-corrected chi connectivity index (χ3v) is 5.20. The van der Waals surface area contributed by atoms with Crippen LogP contribution in [0.4, 0.5) is 0 Å². The van der Waals surface area contributed by atoms with E-state index in [2.05, 4.69) is 60.5 Å². The van der Waals surface area contributed by atoms with Crippen LogP contribution >= 0.6 is 0 Å². The minimum atomic E-state index is -0.0309. The number of amides is 1. The maximum absolute atomic E-state index is 12.6. The average molecular weight is 381 g/mol. The van der Waals surface area contributed by atoms with Crippen molar-refractivity contribution in [3.63, 3.8) is 0 Å². The van der Waals surface area contributed by atoms with Gasteiger partial charge in [-0.2, -0.15) is 0 Å². The molecule has 0 saturated carbocycles. The highest BCUT2D eigenvalue weighted by Gasteiger charge is 2.13. The molecule has 3 rings (SSSR count). The second kappa shape index (κ2) is 9.85. The van der Waals surface area contributed by atoms with E-state index in [9.17, 15) is 4.79 Å². The largest absolute Gasteiger partial charge is 0.379 e. The number of morpholine rings is 1. The molecule has 150 valence electrons. The lowest BCUT2D eigenvalue weighted by molar-refractivity contribution is 0.0342. The predicted molar refractivity (Wildman–Crippen MR) is 113 cm³/mol.